The van der Waals surface area contributed by atoms with E-state index in [0.717, 1.165) is 19.5 Å². The van der Waals surface area contributed by atoms with Gasteiger partial charge in [0, 0.05) is 19.1 Å². The van der Waals surface area contributed by atoms with Crippen LogP contribution < -0.4 is 5.73 Å². The van der Waals surface area contributed by atoms with Crippen LogP contribution in [0.15, 0.2) is 30.3 Å². The lowest BCUT2D eigenvalue weighted by atomic mass is 9.87. The Morgan fingerprint density at radius 3 is 2.24 bits per heavy atom. The molecule has 0 aliphatic heterocycles. The molecule has 0 radical (unpaired) electrons. The van der Waals surface area contributed by atoms with Gasteiger partial charge in [-0.1, -0.05) is 51.1 Å². The van der Waals surface area contributed by atoms with Gasteiger partial charge in [0.05, 0.1) is 0 Å². The molecule has 1 rings (SSSR count). The average molecular weight is 234 g/mol. The molecule has 17 heavy (non-hydrogen) atoms. The second-order valence-electron chi connectivity index (χ2n) is 6.06. The summed E-state index contributed by atoms with van der Waals surface area (Å²) in [6.07, 6.45) is 1.13. The minimum absolute atomic E-state index is 0.328. The molecule has 2 N–H and O–H groups in total. The van der Waals surface area contributed by atoms with Crippen LogP contribution >= 0.6 is 0 Å². The minimum atomic E-state index is 0.328. The zero-order valence-electron chi connectivity index (χ0n) is 11.6. The van der Waals surface area contributed by atoms with Crippen LogP contribution in [0.2, 0.25) is 0 Å². The van der Waals surface area contributed by atoms with Crippen LogP contribution in [0.4, 0.5) is 0 Å². The number of nitrogens with two attached hydrogens (primary N) is 1. The van der Waals surface area contributed by atoms with Gasteiger partial charge in [0.1, 0.15) is 0 Å². The van der Waals surface area contributed by atoms with E-state index in [-0.39, 0.29) is 0 Å². The van der Waals surface area contributed by atoms with E-state index in [4.69, 9.17) is 5.73 Å². The van der Waals surface area contributed by atoms with Crippen molar-refractivity contribution >= 4 is 0 Å². The summed E-state index contributed by atoms with van der Waals surface area (Å²) in [5.41, 5.74) is 7.57. The molecule has 0 bridgehead atoms. The maximum absolute atomic E-state index is 5.89. The zero-order valence-corrected chi connectivity index (χ0v) is 11.6. The lowest BCUT2D eigenvalue weighted by Crippen LogP contribution is -2.40. The largest absolute Gasteiger partial charge is 0.329 e. The summed E-state index contributed by atoms with van der Waals surface area (Å²) in [5, 5.41) is 0. The monoisotopic (exact) mass is 234 g/mol. The summed E-state index contributed by atoms with van der Waals surface area (Å²) < 4.78 is 0. The van der Waals surface area contributed by atoms with Crippen LogP contribution in [0.3, 0.4) is 0 Å². The molecule has 96 valence electrons. The summed E-state index contributed by atoms with van der Waals surface area (Å²) in [4.78, 5) is 2.36. The first-order valence-electron chi connectivity index (χ1n) is 6.36. The Hall–Kier alpha value is -0.860. The molecule has 0 spiro atoms. The molecule has 0 aromatic heterocycles. The Morgan fingerprint density at radius 1 is 1.18 bits per heavy atom. The molecule has 1 aromatic carbocycles. The van der Waals surface area contributed by atoms with Crippen molar-refractivity contribution in [2.45, 2.75) is 39.8 Å². The van der Waals surface area contributed by atoms with Gasteiger partial charge in [0.25, 0.3) is 0 Å². The van der Waals surface area contributed by atoms with Gasteiger partial charge >= 0.3 is 0 Å². The van der Waals surface area contributed by atoms with Crippen molar-refractivity contribution in [3.05, 3.63) is 35.9 Å². The Kier molecular flexibility index (Phi) is 5.16. The Balaban J connectivity index is 2.58. The fourth-order valence-corrected chi connectivity index (χ4v) is 2.13. The molecule has 0 saturated heterocycles. The van der Waals surface area contributed by atoms with Gasteiger partial charge in [-0.3, -0.25) is 4.90 Å². The third-order valence-electron chi connectivity index (χ3n) is 3.02. The molecule has 0 heterocycles. The number of likely N-dealkylation sites (N-methyl/N-ethyl adjacent to an activating group) is 1. The van der Waals surface area contributed by atoms with Crippen LogP contribution in [0.1, 0.15) is 32.8 Å². The normalized spacial score (nSPS) is 14.0. The maximum Gasteiger partial charge on any atom is 0.0234 e. The predicted molar refractivity (Wildman–Crippen MR) is 74.8 cm³/mol. The number of rotatable bonds is 5. The highest BCUT2D eigenvalue weighted by atomic mass is 15.1. The van der Waals surface area contributed by atoms with Gasteiger partial charge in [-0.2, -0.15) is 0 Å². The topological polar surface area (TPSA) is 29.3 Å². The maximum atomic E-state index is 5.89. The van der Waals surface area contributed by atoms with E-state index in [1.165, 1.54) is 5.56 Å². The van der Waals surface area contributed by atoms with Crippen molar-refractivity contribution in [1.82, 2.24) is 4.90 Å². The standard InChI is InChI=1S/C15H26N2/c1-15(2,3)10-14(11-16)17(4)12-13-8-6-5-7-9-13/h5-9,14H,10-12,16H2,1-4H3. The molecule has 0 aliphatic carbocycles. The second-order valence-corrected chi connectivity index (χ2v) is 6.06. The van der Waals surface area contributed by atoms with Crippen molar-refractivity contribution in [3.8, 4) is 0 Å². The average Bonchev–Trinajstić information content (AvgIpc) is 2.26. The summed E-state index contributed by atoms with van der Waals surface area (Å²) in [6.45, 7) is 8.50. The lowest BCUT2D eigenvalue weighted by molar-refractivity contribution is 0.177. The zero-order chi connectivity index (χ0) is 12.9. The van der Waals surface area contributed by atoms with Crippen LogP contribution in [-0.4, -0.2) is 24.5 Å². The highest BCUT2D eigenvalue weighted by molar-refractivity contribution is 5.14. The first-order chi connectivity index (χ1) is 7.92. The fraction of sp³-hybridized carbons (Fsp3) is 0.600. The van der Waals surface area contributed by atoms with E-state index in [0.29, 0.717) is 11.5 Å². The van der Waals surface area contributed by atoms with Gasteiger partial charge < -0.3 is 5.73 Å². The molecule has 0 amide bonds. The van der Waals surface area contributed by atoms with Crippen molar-refractivity contribution in [2.24, 2.45) is 11.1 Å². The predicted octanol–water partition coefficient (Wildman–Crippen LogP) is 2.88. The van der Waals surface area contributed by atoms with Crippen LogP contribution in [0, 0.1) is 5.41 Å². The molecule has 2 nitrogen and oxygen atoms in total. The summed E-state index contributed by atoms with van der Waals surface area (Å²) in [7, 11) is 2.16. The van der Waals surface area contributed by atoms with Gasteiger partial charge in [0.2, 0.25) is 0 Å². The Morgan fingerprint density at radius 2 is 1.76 bits per heavy atom. The molecule has 1 atom stereocenters. The summed E-state index contributed by atoms with van der Waals surface area (Å²) >= 11 is 0. The highest BCUT2D eigenvalue weighted by Gasteiger charge is 2.20. The van der Waals surface area contributed by atoms with Crippen molar-refractivity contribution in [3.63, 3.8) is 0 Å². The van der Waals surface area contributed by atoms with E-state index in [2.05, 4.69) is 63.1 Å². The molecule has 0 fully saturated rings. The van der Waals surface area contributed by atoms with Crippen LogP contribution in [-0.2, 0) is 6.54 Å². The van der Waals surface area contributed by atoms with E-state index < -0.39 is 0 Å². The van der Waals surface area contributed by atoms with Gasteiger partial charge in [-0.25, -0.2) is 0 Å². The molecule has 0 saturated carbocycles. The van der Waals surface area contributed by atoms with E-state index >= 15 is 0 Å². The first-order valence-corrected chi connectivity index (χ1v) is 6.36. The molecular formula is C15H26N2. The van der Waals surface area contributed by atoms with Gasteiger partial charge in [-0.15, -0.1) is 0 Å². The highest BCUT2D eigenvalue weighted by Crippen LogP contribution is 2.23. The summed E-state index contributed by atoms with van der Waals surface area (Å²) in [5.74, 6) is 0. The number of nitrogens with zero attached hydrogens (tertiary/aromatic N) is 1. The number of benzene rings is 1. The van der Waals surface area contributed by atoms with E-state index in [1.54, 1.807) is 0 Å². The fourth-order valence-electron chi connectivity index (χ4n) is 2.13. The first kappa shape index (κ1) is 14.2. The quantitative estimate of drug-likeness (QED) is 0.849. The van der Waals surface area contributed by atoms with Crippen LogP contribution in [0.5, 0.6) is 0 Å². The lowest BCUT2D eigenvalue weighted by Gasteiger charge is -2.32. The minimum Gasteiger partial charge on any atom is -0.329 e. The third-order valence-corrected chi connectivity index (χ3v) is 3.02. The molecule has 2 heteroatoms. The third kappa shape index (κ3) is 5.33. The smallest absolute Gasteiger partial charge is 0.0234 e. The van der Waals surface area contributed by atoms with E-state index in [9.17, 15) is 0 Å². The summed E-state index contributed by atoms with van der Waals surface area (Å²) in [6, 6.07) is 11.0. The van der Waals surface area contributed by atoms with Crippen LogP contribution in [0.25, 0.3) is 0 Å². The molecular weight excluding hydrogens is 208 g/mol. The molecule has 1 aromatic rings. The van der Waals surface area contributed by atoms with E-state index in [1.807, 2.05) is 0 Å². The second kappa shape index (κ2) is 6.18. The van der Waals surface area contributed by atoms with Crippen molar-refractivity contribution < 1.29 is 0 Å². The Bertz CT molecular complexity index is 313. The van der Waals surface area contributed by atoms with Crippen molar-refractivity contribution in [1.29, 1.82) is 0 Å². The number of hydrogen-bond acceptors (Lipinski definition) is 2. The van der Waals surface area contributed by atoms with Gasteiger partial charge in [0.15, 0.2) is 0 Å². The SMILES string of the molecule is CN(Cc1ccccc1)C(CN)CC(C)(C)C. The van der Waals surface area contributed by atoms with Gasteiger partial charge in [-0.05, 0) is 24.4 Å². The number of hydrogen-bond donors (Lipinski definition) is 1. The molecule has 1 unspecified atom stereocenters. The Labute approximate surface area is 106 Å². The molecule has 0 aliphatic rings. The van der Waals surface area contributed by atoms with Crippen molar-refractivity contribution in [2.75, 3.05) is 13.6 Å².